The Balaban J connectivity index is 1.98. The van der Waals surface area contributed by atoms with Gasteiger partial charge in [-0.05, 0) is 43.5 Å². The van der Waals surface area contributed by atoms with Gasteiger partial charge in [-0.1, -0.05) is 41.4 Å². The highest BCUT2D eigenvalue weighted by Gasteiger charge is 2.16. The molecule has 140 valence electrons. The molecule has 0 heterocycles. The lowest BCUT2D eigenvalue weighted by Gasteiger charge is -2.18. The normalized spacial score (nSPS) is 11.2. The van der Waals surface area contributed by atoms with E-state index in [4.69, 9.17) is 11.6 Å². The van der Waals surface area contributed by atoms with Crippen LogP contribution in [-0.4, -0.2) is 34.2 Å². The molecule has 0 unspecified atom stereocenters. The number of nitrogens with zero attached hydrogens (tertiary/aromatic N) is 1. The Labute approximate surface area is 160 Å². The van der Waals surface area contributed by atoms with Crippen LogP contribution in [0.5, 0.6) is 0 Å². The molecule has 0 radical (unpaired) electrons. The highest BCUT2D eigenvalue weighted by Crippen LogP contribution is 2.24. The number of halogens is 1. The largest absolute Gasteiger partial charge is 0.352 e. The number of anilines is 1. The summed E-state index contributed by atoms with van der Waals surface area (Å²) in [6.07, 6.45) is 2.77. The number of nitrogens with one attached hydrogen (secondary N) is 1. The van der Waals surface area contributed by atoms with Gasteiger partial charge in [-0.2, -0.15) is 0 Å². The summed E-state index contributed by atoms with van der Waals surface area (Å²) in [4.78, 5) is 12.4. The second kappa shape index (κ2) is 8.56. The molecular weight excluding hydrogens is 372 g/mol. The number of aryl methyl sites for hydroxylation is 2. The lowest BCUT2D eigenvalue weighted by atomic mass is 10.1. The first-order valence-corrected chi connectivity index (χ1v) is 10.5. The minimum Gasteiger partial charge on any atom is -0.352 e. The van der Waals surface area contributed by atoms with Crippen LogP contribution in [-0.2, 0) is 16.4 Å². The third-order valence-electron chi connectivity index (χ3n) is 4.07. The molecule has 2 rings (SSSR count). The third kappa shape index (κ3) is 5.47. The predicted molar refractivity (Wildman–Crippen MR) is 107 cm³/mol. The summed E-state index contributed by atoms with van der Waals surface area (Å²) in [5, 5.41) is 3.12. The van der Waals surface area contributed by atoms with Gasteiger partial charge in [0.2, 0.25) is 10.0 Å². The first kappa shape index (κ1) is 20.3. The number of amides is 1. The summed E-state index contributed by atoms with van der Waals surface area (Å²) in [5.74, 6) is -0.317. The van der Waals surface area contributed by atoms with Crippen molar-refractivity contribution in [2.24, 2.45) is 0 Å². The second-order valence-corrected chi connectivity index (χ2v) is 8.66. The number of sulfonamides is 1. The van der Waals surface area contributed by atoms with E-state index in [-0.39, 0.29) is 16.5 Å². The molecule has 1 N–H and O–H groups in total. The zero-order chi connectivity index (χ0) is 19.3. The second-order valence-electron chi connectivity index (χ2n) is 6.24. The fourth-order valence-electron chi connectivity index (χ4n) is 2.53. The van der Waals surface area contributed by atoms with Crippen LogP contribution in [0.3, 0.4) is 0 Å². The van der Waals surface area contributed by atoms with Gasteiger partial charge in [0.05, 0.1) is 22.5 Å². The molecule has 0 bridgehead atoms. The molecule has 0 aromatic heterocycles. The summed E-state index contributed by atoms with van der Waals surface area (Å²) in [7, 11) is -1.98. The van der Waals surface area contributed by atoms with E-state index in [0.717, 1.165) is 23.4 Å². The van der Waals surface area contributed by atoms with Gasteiger partial charge in [0.15, 0.2) is 0 Å². The van der Waals surface area contributed by atoms with E-state index in [9.17, 15) is 13.2 Å². The van der Waals surface area contributed by atoms with Crippen molar-refractivity contribution in [3.8, 4) is 0 Å². The van der Waals surface area contributed by atoms with E-state index >= 15 is 0 Å². The van der Waals surface area contributed by atoms with Gasteiger partial charge in [0, 0.05) is 13.6 Å². The monoisotopic (exact) mass is 394 g/mol. The van der Waals surface area contributed by atoms with Crippen molar-refractivity contribution in [1.29, 1.82) is 0 Å². The Bertz CT molecular complexity index is 897. The highest BCUT2D eigenvalue weighted by molar-refractivity contribution is 7.92. The van der Waals surface area contributed by atoms with Gasteiger partial charge in [0.1, 0.15) is 0 Å². The van der Waals surface area contributed by atoms with Crippen molar-refractivity contribution >= 4 is 33.2 Å². The topological polar surface area (TPSA) is 66.5 Å². The zero-order valence-corrected chi connectivity index (χ0v) is 16.7. The number of hydrogen-bond donors (Lipinski definition) is 1. The Hall–Kier alpha value is -2.05. The minimum absolute atomic E-state index is 0.259. The van der Waals surface area contributed by atoms with Crippen molar-refractivity contribution in [2.45, 2.75) is 19.8 Å². The van der Waals surface area contributed by atoms with Gasteiger partial charge in [-0.3, -0.25) is 9.10 Å². The Kier molecular flexibility index (Phi) is 6.67. The molecule has 0 aliphatic heterocycles. The summed E-state index contributed by atoms with van der Waals surface area (Å²) in [5.41, 5.74) is 3.09. The average Bonchev–Trinajstić information content (AvgIpc) is 2.57. The van der Waals surface area contributed by atoms with Crippen molar-refractivity contribution in [2.75, 3.05) is 24.2 Å². The van der Waals surface area contributed by atoms with E-state index in [2.05, 4.69) is 17.4 Å². The van der Waals surface area contributed by atoms with Crippen LogP contribution >= 0.6 is 11.6 Å². The molecule has 0 saturated heterocycles. The maximum atomic E-state index is 12.4. The van der Waals surface area contributed by atoms with Crippen LogP contribution in [0.4, 0.5) is 5.69 Å². The standard InChI is InChI=1S/C19H23ClN2O3S/c1-14-6-4-7-15(12-14)8-5-11-21-19(23)17-13-16(9-10-18(17)20)22(2)26(3,24)25/h4,6-7,9-10,12-13H,5,8,11H2,1-3H3,(H,21,23). The molecule has 1 amide bonds. The van der Waals surface area contributed by atoms with Gasteiger partial charge in [-0.25, -0.2) is 8.42 Å². The van der Waals surface area contributed by atoms with E-state index in [0.29, 0.717) is 12.2 Å². The van der Waals surface area contributed by atoms with Crippen LogP contribution in [0.15, 0.2) is 42.5 Å². The van der Waals surface area contributed by atoms with Crippen molar-refractivity contribution in [3.05, 3.63) is 64.2 Å². The lowest BCUT2D eigenvalue weighted by molar-refractivity contribution is 0.0953. The van der Waals surface area contributed by atoms with Gasteiger partial charge in [-0.15, -0.1) is 0 Å². The number of carbonyl (C=O) groups excluding carboxylic acids is 1. The summed E-state index contributed by atoms with van der Waals surface area (Å²) < 4.78 is 24.4. The van der Waals surface area contributed by atoms with E-state index in [1.54, 1.807) is 6.07 Å². The van der Waals surface area contributed by atoms with Gasteiger partial charge >= 0.3 is 0 Å². The molecule has 0 atom stereocenters. The van der Waals surface area contributed by atoms with Gasteiger partial charge in [0.25, 0.3) is 5.91 Å². The van der Waals surface area contributed by atoms with Crippen LogP contribution in [0.25, 0.3) is 0 Å². The van der Waals surface area contributed by atoms with Crippen LogP contribution in [0.2, 0.25) is 5.02 Å². The lowest BCUT2D eigenvalue weighted by Crippen LogP contribution is -2.27. The maximum absolute atomic E-state index is 12.4. The van der Waals surface area contributed by atoms with Crippen LogP contribution < -0.4 is 9.62 Å². The number of rotatable bonds is 7. The predicted octanol–water partition coefficient (Wildman–Crippen LogP) is 3.41. The average molecular weight is 395 g/mol. The summed E-state index contributed by atoms with van der Waals surface area (Å²) in [6.45, 7) is 2.56. The quantitative estimate of drug-likeness (QED) is 0.732. The maximum Gasteiger partial charge on any atom is 0.252 e. The Morgan fingerprint density at radius 1 is 1.19 bits per heavy atom. The van der Waals surface area contributed by atoms with E-state index in [1.165, 1.54) is 30.3 Å². The fraction of sp³-hybridized carbons (Fsp3) is 0.316. The SMILES string of the molecule is Cc1cccc(CCCNC(=O)c2cc(N(C)S(C)(=O)=O)ccc2Cl)c1. The molecule has 2 aromatic rings. The van der Waals surface area contributed by atoms with Crippen molar-refractivity contribution in [3.63, 3.8) is 0 Å². The third-order valence-corrected chi connectivity index (χ3v) is 5.60. The highest BCUT2D eigenvalue weighted by atomic mass is 35.5. The Morgan fingerprint density at radius 3 is 2.58 bits per heavy atom. The smallest absolute Gasteiger partial charge is 0.252 e. The van der Waals surface area contributed by atoms with Crippen molar-refractivity contribution in [1.82, 2.24) is 5.32 Å². The van der Waals surface area contributed by atoms with E-state index in [1.807, 2.05) is 19.1 Å². The molecule has 0 spiro atoms. The van der Waals surface area contributed by atoms with Crippen LogP contribution in [0.1, 0.15) is 27.9 Å². The number of hydrogen-bond acceptors (Lipinski definition) is 3. The van der Waals surface area contributed by atoms with Crippen LogP contribution in [0, 0.1) is 6.92 Å². The van der Waals surface area contributed by atoms with Gasteiger partial charge < -0.3 is 5.32 Å². The number of carbonyl (C=O) groups is 1. The molecule has 7 heteroatoms. The minimum atomic E-state index is -3.41. The molecule has 26 heavy (non-hydrogen) atoms. The molecular formula is C19H23ClN2O3S. The summed E-state index contributed by atoms with van der Waals surface area (Å²) >= 11 is 6.11. The first-order chi connectivity index (χ1) is 12.2. The molecule has 0 fully saturated rings. The zero-order valence-electron chi connectivity index (χ0n) is 15.1. The number of benzene rings is 2. The molecule has 5 nitrogen and oxygen atoms in total. The fourth-order valence-corrected chi connectivity index (χ4v) is 3.23. The molecule has 0 saturated carbocycles. The van der Waals surface area contributed by atoms with E-state index < -0.39 is 10.0 Å². The molecule has 0 aliphatic carbocycles. The first-order valence-electron chi connectivity index (χ1n) is 8.25. The van der Waals surface area contributed by atoms with Crippen molar-refractivity contribution < 1.29 is 13.2 Å². The molecule has 2 aromatic carbocycles. The Morgan fingerprint density at radius 2 is 1.92 bits per heavy atom. The summed E-state index contributed by atoms with van der Waals surface area (Å²) in [6, 6.07) is 12.8. The molecule has 0 aliphatic rings.